The van der Waals surface area contributed by atoms with Crippen LogP contribution < -0.4 is 0 Å². The fraction of sp³-hybridized carbons (Fsp3) is 1.00. The summed E-state index contributed by atoms with van der Waals surface area (Å²) < 4.78 is 0. The Morgan fingerprint density at radius 2 is 0.538 bits per heavy atom. The molecule has 0 amide bonds. The zero-order valence-corrected chi connectivity index (χ0v) is 19.9. The third-order valence-electron chi connectivity index (χ3n) is 5.73. The van der Waals surface area contributed by atoms with Crippen LogP contribution in [0.3, 0.4) is 0 Å². The summed E-state index contributed by atoms with van der Waals surface area (Å²) in [6.07, 6.45) is 32.8. The summed E-state index contributed by atoms with van der Waals surface area (Å²) in [6.45, 7) is 6.96. The molecular formula is C25H53P. The highest BCUT2D eigenvalue weighted by molar-refractivity contribution is 7.57. The normalized spacial score (nSPS) is 11.5. The predicted molar refractivity (Wildman–Crippen MR) is 126 cm³/mol. The van der Waals surface area contributed by atoms with Gasteiger partial charge in [-0.2, -0.15) is 0 Å². The van der Waals surface area contributed by atoms with E-state index in [2.05, 4.69) is 20.8 Å². The highest BCUT2D eigenvalue weighted by atomic mass is 31.1. The van der Waals surface area contributed by atoms with Crippen LogP contribution in [0.15, 0.2) is 0 Å². The van der Waals surface area contributed by atoms with Crippen molar-refractivity contribution in [2.45, 2.75) is 143 Å². The minimum atomic E-state index is 0.363. The zero-order valence-electron chi connectivity index (χ0n) is 19.0. The lowest BCUT2D eigenvalue weighted by molar-refractivity contribution is 0.601. The van der Waals surface area contributed by atoms with Crippen LogP contribution in [0.5, 0.6) is 0 Å². The van der Waals surface area contributed by atoms with E-state index in [0.29, 0.717) is 7.92 Å². The summed E-state index contributed by atoms with van der Waals surface area (Å²) in [5.41, 5.74) is 0. The molecular weight excluding hydrogens is 331 g/mol. The van der Waals surface area contributed by atoms with E-state index in [1.54, 1.807) is 18.5 Å². The van der Waals surface area contributed by atoms with Crippen molar-refractivity contribution in [3.05, 3.63) is 0 Å². The molecule has 0 aliphatic rings. The van der Waals surface area contributed by atoms with E-state index in [1.807, 2.05) is 0 Å². The molecule has 0 aromatic carbocycles. The van der Waals surface area contributed by atoms with Crippen LogP contribution in [0.25, 0.3) is 0 Å². The average Bonchev–Trinajstić information content (AvgIpc) is 2.65. The second kappa shape index (κ2) is 23.5. The van der Waals surface area contributed by atoms with Crippen LogP contribution in [-0.2, 0) is 0 Å². The Labute approximate surface area is 169 Å². The lowest BCUT2D eigenvalue weighted by Crippen LogP contribution is -1.97. The van der Waals surface area contributed by atoms with Crippen molar-refractivity contribution in [3.8, 4) is 0 Å². The molecule has 0 heterocycles. The van der Waals surface area contributed by atoms with Crippen LogP contribution in [-0.4, -0.2) is 18.5 Å². The Balaban J connectivity index is 3.77. The highest BCUT2D eigenvalue weighted by Gasteiger charge is 2.07. The van der Waals surface area contributed by atoms with Gasteiger partial charge in [0.1, 0.15) is 0 Å². The molecule has 0 N–H and O–H groups in total. The van der Waals surface area contributed by atoms with E-state index >= 15 is 0 Å². The predicted octanol–water partition coefficient (Wildman–Crippen LogP) is 9.94. The van der Waals surface area contributed by atoms with E-state index in [9.17, 15) is 0 Å². The maximum atomic E-state index is 2.32. The van der Waals surface area contributed by atoms with E-state index < -0.39 is 0 Å². The molecule has 1 heteroatoms. The van der Waals surface area contributed by atoms with Crippen molar-refractivity contribution in [2.75, 3.05) is 18.5 Å². The van der Waals surface area contributed by atoms with Crippen molar-refractivity contribution >= 4 is 7.92 Å². The van der Waals surface area contributed by atoms with Crippen molar-refractivity contribution < 1.29 is 0 Å². The molecule has 158 valence electrons. The molecule has 0 fully saturated rings. The summed E-state index contributed by atoms with van der Waals surface area (Å²) in [5.74, 6) is 0. The molecule has 0 atom stereocenters. The lowest BCUT2D eigenvalue weighted by Gasteiger charge is -2.18. The maximum Gasteiger partial charge on any atom is -0.0326 e. The van der Waals surface area contributed by atoms with Gasteiger partial charge in [-0.15, -0.1) is 7.92 Å². The zero-order chi connectivity index (χ0) is 19.1. The van der Waals surface area contributed by atoms with Gasteiger partial charge >= 0.3 is 0 Å². The number of rotatable bonds is 22. The van der Waals surface area contributed by atoms with Crippen molar-refractivity contribution in [3.63, 3.8) is 0 Å². The van der Waals surface area contributed by atoms with Crippen molar-refractivity contribution in [2.24, 2.45) is 0 Å². The second-order valence-electron chi connectivity index (χ2n) is 8.50. The fourth-order valence-corrected chi connectivity index (χ4v) is 6.54. The topological polar surface area (TPSA) is 0 Å². The molecule has 0 aromatic heterocycles. The van der Waals surface area contributed by atoms with Crippen molar-refractivity contribution in [1.29, 1.82) is 0 Å². The van der Waals surface area contributed by atoms with Crippen molar-refractivity contribution in [1.82, 2.24) is 0 Å². The molecule has 0 saturated heterocycles. The van der Waals surface area contributed by atoms with Gasteiger partial charge in [-0.3, -0.25) is 0 Å². The quantitative estimate of drug-likeness (QED) is 0.129. The first kappa shape index (κ1) is 26.4. The van der Waals surface area contributed by atoms with Gasteiger partial charge in [0.15, 0.2) is 0 Å². The Hall–Kier alpha value is 0.430. The first-order valence-corrected chi connectivity index (χ1v) is 14.5. The highest BCUT2D eigenvalue weighted by Crippen LogP contribution is 2.39. The molecule has 0 aromatic rings. The Bertz CT molecular complexity index is 222. The van der Waals surface area contributed by atoms with Gasteiger partial charge in [-0.05, 0) is 37.7 Å². The minimum absolute atomic E-state index is 0.363. The summed E-state index contributed by atoms with van der Waals surface area (Å²) in [4.78, 5) is 0. The molecule has 0 aliphatic carbocycles. The number of unbranched alkanes of at least 4 members (excludes halogenated alkanes) is 16. The van der Waals surface area contributed by atoms with Gasteiger partial charge in [0.25, 0.3) is 0 Å². The van der Waals surface area contributed by atoms with E-state index in [-0.39, 0.29) is 0 Å². The Kier molecular flexibility index (Phi) is 23.9. The molecule has 0 rings (SSSR count). The summed E-state index contributed by atoms with van der Waals surface area (Å²) >= 11 is 0. The van der Waals surface area contributed by atoms with Gasteiger partial charge in [0, 0.05) is 0 Å². The monoisotopic (exact) mass is 384 g/mol. The van der Waals surface area contributed by atoms with Gasteiger partial charge in [0.2, 0.25) is 0 Å². The van der Waals surface area contributed by atoms with E-state index in [1.165, 1.54) is 122 Å². The molecule has 0 radical (unpaired) electrons. The van der Waals surface area contributed by atoms with Crippen LogP contribution >= 0.6 is 7.92 Å². The third kappa shape index (κ3) is 20.7. The third-order valence-corrected chi connectivity index (χ3v) is 8.58. The Morgan fingerprint density at radius 3 is 0.808 bits per heavy atom. The fourth-order valence-electron chi connectivity index (χ4n) is 3.86. The van der Waals surface area contributed by atoms with Gasteiger partial charge in [-0.1, -0.05) is 124 Å². The largest absolute Gasteiger partial charge is 0.107 e. The first-order valence-electron chi connectivity index (χ1n) is 12.6. The summed E-state index contributed by atoms with van der Waals surface area (Å²) in [7, 11) is 0.363. The molecule has 0 spiro atoms. The van der Waals surface area contributed by atoms with Crippen LogP contribution in [0.1, 0.15) is 143 Å². The lowest BCUT2D eigenvalue weighted by atomic mass is 10.1. The summed E-state index contributed by atoms with van der Waals surface area (Å²) in [5, 5.41) is 0. The molecule has 0 nitrogen and oxygen atoms in total. The first-order chi connectivity index (χ1) is 12.8. The molecule has 0 unspecified atom stereocenters. The molecule has 0 bridgehead atoms. The maximum absolute atomic E-state index is 2.32. The van der Waals surface area contributed by atoms with Gasteiger partial charge in [0.05, 0.1) is 0 Å². The summed E-state index contributed by atoms with van der Waals surface area (Å²) in [6, 6.07) is 0. The second-order valence-corrected chi connectivity index (χ2v) is 11.2. The smallest absolute Gasteiger partial charge is 0.0326 e. The van der Waals surface area contributed by atoms with E-state index in [0.717, 1.165) is 0 Å². The number of hydrogen-bond donors (Lipinski definition) is 0. The number of hydrogen-bond acceptors (Lipinski definition) is 0. The SMILES string of the molecule is CCCCCCCCCP(CCCCCCCC)CCCCCCCC. The van der Waals surface area contributed by atoms with E-state index in [4.69, 9.17) is 0 Å². The minimum Gasteiger partial charge on any atom is -0.107 e. The standard InChI is InChI=1S/C25H53P/c1-4-7-10-13-16-19-22-25-26(23-20-17-14-11-8-5-2)24-21-18-15-12-9-6-3/h4-25H2,1-3H3. The van der Waals surface area contributed by atoms with Gasteiger partial charge < -0.3 is 0 Å². The van der Waals surface area contributed by atoms with Gasteiger partial charge in [-0.25, -0.2) is 0 Å². The Morgan fingerprint density at radius 1 is 0.308 bits per heavy atom. The molecule has 0 aliphatic heterocycles. The molecule has 0 saturated carbocycles. The molecule has 26 heavy (non-hydrogen) atoms. The average molecular weight is 385 g/mol. The van der Waals surface area contributed by atoms with Crippen LogP contribution in [0.2, 0.25) is 0 Å². The van der Waals surface area contributed by atoms with Crippen LogP contribution in [0.4, 0.5) is 0 Å². The van der Waals surface area contributed by atoms with Crippen LogP contribution in [0, 0.1) is 0 Å².